The Morgan fingerprint density at radius 2 is 1.85 bits per heavy atom. The van der Waals surface area contributed by atoms with Gasteiger partial charge in [0.1, 0.15) is 11.5 Å². The number of ether oxygens (including phenoxy) is 1. The quantitative estimate of drug-likeness (QED) is 0.861. The standard InChI is InChI=1S/C14H13N3O3/c1-9-15-8-7-12(16-9)13(18)17-11-5-3-10(4-6-11)14(19)20-2/h3-8H,1-2H3,(H,17,18). The largest absolute Gasteiger partial charge is 0.465 e. The van der Waals surface area contributed by atoms with Crippen molar-refractivity contribution in [1.82, 2.24) is 9.97 Å². The van der Waals surface area contributed by atoms with E-state index in [0.717, 1.165) is 0 Å². The third-order valence-electron chi connectivity index (χ3n) is 2.57. The summed E-state index contributed by atoms with van der Waals surface area (Å²) in [5.41, 5.74) is 1.27. The predicted octanol–water partition coefficient (Wildman–Crippen LogP) is 1.82. The number of esters is 1. The Bertz CT molecular complexity index is 638. The van der Waals surface area contributed by atoms with E-state index in [1.165, 1.54) is 19.4 Å². The average Bonchev–Trinajstić information content (AvgIpc) is 2.47. The molecule has 0 fully saturated rings. The second kappa shape index (κ2) is 5.92. The minimum absolute atomic E-state index is 0.287. The molecule has 0 atom stereocenters. The van der Waals surface area contributed by atoms with Crippen LogP contribution >= 0.6 is 0 Å². The molecule has 20 heavy (non-hydrogen) atoms. The van der Waals surface area contributed by atoms with Crippen molar-refractivity contribution < 1.29 is 14.3 Å². The van der Waals surface area contributed by atoms with Gasteiger partial charge in [0.2, 0.25) is 0 Å². The van der Waals surface area contributed by atoms with Gasteiger partial charge in [-0.2, -0.15) is 0 Å². The van der Waals surface area contributed by atoms with Crippen molar-refractivity contribution in [1.29, 1.82) is 0 Å². The third-order valence-corrected chi connectivity index (χ3v) is 2.57. The van der Waals surface area contributed by atoms with Gasteiger partial charge < -0.3 is 10.1 Å². The van der Waals surface area contributed by atoms with Gasteiger partial charge >= 0.3 is 5.97 Å². The molecule has 0 unspecified atom stereocenters. The van der Waals surface area contributed by atoms with Crippen LogP contribution in [0.3, 0.4) is 0 Å². The maximum atomic E-state index is 11.9. The van der Waals surface area contributed by atoms with Crippen LogP contribution in [0.4, 0.5) is 5.69 Å². The first-order valence-electron chi connectivity index (χ1n) is 5.89. The van der Waals surface area contributed by atoms with Crippen LogP contribution in [-0.2, 0) is 4.74 Å². The van der Waals surface area contributed by atoms with E-state index in [-0.39, 0.29) is 11.6 Å². The monoisotopic (exact) mass is 271 g/mol. The van der Waals surface area contributed by atoms with Gasteiger partial charge in [0, 0.05) is 11.9 Å². The first-order valence-corrected chi connectivity index (χ1v) is 5.89. The lowest BCUT2D eigenvalue weighted by Gasteiger charge is -2.05. The first-order chi connectivity index (χ1) is 9.60. The molecule has 0 saturated carbocycles. The number of carbonyl (C=O) groups is 2. The SMILES string of the molecule is COC(=O)c1ccc(NC(=O)c2ccnc(C)n2)cc1. The summed E-state index contributed by atoms with van der Waals surface area (Å²) in [5, 5.41) is 2.69. The number of nitrogens with one attached hydrogen (secondary N) is 1. The van der Waals surface area contributed by atoms with E-state index in [4.69, 9.17) is 0 Å². The van der Waals surface area contributed by atoms with Gasteiger partial charge in [0.15, 0.2) is 0 Å². The molecule has 0 saturated heterocycles. The van der Waals surface area contributed by atoms with Crippen LogP contribution in [0.25, 0.3) is 0 Å². The lowest BCUT2D eigenvalue weighted by Crippen LogP contribution is -2.14. The normalized spacial score (nSPS) is 9.90. The number of methoxy groups -OCH3 is 1. The number of hydrogen-bond donors (Lipinski definition) is 1. The highest BCUT2D eigenvalue weighted by atomic mass is 16.5. The Morgan fingerprint density at radius 1 is 1.15 bits per heavy atom. The smallest absolute Gasteiger partial charge is 0.337 e. The number of anilines is 1. The van der Waals surface area contributed by atoms with E-state index in [0.29, 0.717) is 17.1 Å². The fraction of sp³-hybridized carbons (Fsp3) is 0.143. The Kier molecular flexibility index (Phi) is 4.05. The molecule has 0 spiro atoms. The molecule has 0 bridgehead atoms. The maximum absolute atomic E-state index is 11.9. The Hall–Kier alpha value is -2.76. The summed E-state index contributed by atoms with van der Waals surface area (Å²) in [6.07, 6.45) is 1.53. The lowest BCUT2D eigenvalue weighted by atomic mass is 10.2. The van der Waals surface area contributed by atoms with Crippen molar-refractivity contribution in [3.63, 3.8) is 0 Å². The molecular formula is C14H13N3O3. The van der Waals surface area contributed by atoms with Crippen molar-refractivity contribution in [2.75, 3.05) is 12.4 Å². The highest BCUT2D eigenvalue weighted by molar-refractivity contribution is 6.03. The maximum Gasteiger partial charge on any atom is 0.337 e. The number of rotatable bonds is 3. The van der Waals surface area contributed by atoms with Gasteiger partial charge in [-0.25, -0.2) is 14.8 Å². The Balaban J connectivity index is 2.10. The van der Waals surface area contributed by atoms with Crippen LogP contribution in [0.15, 0.2) is 36.5 Å². The fourth-order valence-corrected chi connectivity index (χ4v) is 1.59. The highest BCUT2D eigenvalue weighted by Crippen LogP contribution is 2.11. The minimum atomic E-state index is -0.422. The zero-order valence-corrected chi connectivity index (χ0v) is 11.1. The third kappa shape index (κ3) is 3.17. The van der Waals surface area contributed by atoms with Crippen molar-refractivity contribution >= 4 is 17.6 Å². The molecule has 6 nitrogen and oxygen atoms in total. The van der Waals surface area contributed by atoms with Crippen molar-refractivity contribution in [3.05, 3.63) is 53.6 Å². The first kappa shape index (κ1) is 13.7. The number of nitrogens with zero attached hydrogens (tertiary/aromatic N) is 2. The van der Waals surface area contributed by atoms with Crippen LogP contribution in [-0.4, -0.2) is 29.0 Å². The van der Waals surface area contributed by atoms with Gasteiger partial charge in [-0.05, 0) is 37.3 Å². The van der Waals surface area contributed by atoms with E-state index in [9.17, 15) is 9.59 Å². The average molecular weight is 271 g/mol. The summed E-state index contributed by atoms with van der Waals surface area (Å²) in [4.78, 5) is 31.2. The van der Waals surface area contributed by atoms with E-state index < -0.39 is 5.97 Å². The van der Waals surface area contributed by atoms with Gasteiger partial charge in [-0.15, -0.1) is 0 Å². The summed E-state index contributed by atoms with van der Waals surface area (Å²) in [7, 11) is 1.31. The lowest BCUT2D eigenvalue weighted by molar-refractivity contribution is 0.0600. The van der Waals surface area contributed by atoms with Gasteiger partial charge in [-0.3, -0.25) is 4.79 Å². The molecule has 1 aromatic carbocycles. The van der Waals surface area contributed by atoms with Gasteiger partial charge in [0.25, 0.3) is 5.91 Å². The molecule has 2 rings (SSSR count). The molecule has 1 N–H and O–H groups in total. The van der Waals surface area contributed by atoms with E-state index >= 15 is 0 Å². The van der Waals surface area contributed by atoms with E-state index in [2.05, 4.69) is 20.0 Å². The molecule has 6 heteroatoms. The number of aromatic nitrogens is 2. The topological polar surface area (TPSA) is 81.2 Å². The van der Waals surface area contributed by atoms with Crippen molar-refractivity contribution in [3.8, 4) is 0 Å². The number of benzene rings is 1. The molecule has 1 amide bonds. The zero-order valence-electron chi connectivity index (χ0n) is 11.1. The summed E-state index contributed by atoms with van der Waals surface area (Å²) >= 11 is 0. The molecule has 0 aliphatic heterocycles. The molecule has 0 aliphatic rings. The summed E-state index contributed by atoms with van der Waals surface area (Å²) in [6, 6.07) is 7.93. The second-order valence-electron chi connectivity index (χ2n) is 4.01. The molecule has 0 radical (unpaired) electrons. The Morgan fingerprint density at radius 3 is 2.45 bits per heavy atom. The summed E-state index contributed by atoms with van der Waals surface area (Å²) < 4.78 is 4.60. The second-order valence-corrected chi connectivity index (χ2v) is 4.01. The minimum Gasteiger partial charge on any atom is -0.465 e. The highest BCUT2D eigenvalue weighted by Gasteiger charge is 2.09. The van der Waals surface area contributed by atoms with Crippen molar-refractivity contribution in [2.45, 2.75) is 6.92 Å². The summed E-state index contributed by atoms with van der Waals surface area (Å²) in [6.45, 7) is 1.71. The molecule has 1 aromatic heterocycles. The molecular weight excluding hydrogens is 258 g/mol. The molecule has 1 heterocycles. The van der Waals surface area contributed by atoms with Crippen LogP contribution in [0.5, 0.6) is 0 Å². The van der Waals surface area contributed by atoms with Crippen LogP contribution in [0.1, 0.15) is 26.7 Å². The molecule has 102 valence electrons. The fourth-order valence-electron chi connectivity index (χ4n) is 1.59. The Labute approximate surface area is 115 Å². The number of amides is 1. The summed E-state index contributed by atoms with van der Waals surface area (Å²) in [5.74, 6) is -0.227. The molecule has 2 aromatic rings. The number of carbonyl (C=O) groups excluding carboxylic acids is 2. The zero-order chi connectivity index (χ0) is 14.5. The van der Waals surface area contributed by atoms with Gasteiger partial charge in [-0.1, -0.05) is 0 Å². The predicted molar refractivity (Wildman–Crippen MR) is 72.5 cm³/mol. The van der Waals surface area contributed by atoms with Crippen LogP contribution in [0, 0.1) is 6.92 Å². The van der Waals surface area contributed by atoms with Crippen LogP contribution in [0.2, 0.25) is 0 Å². The number of aryl methyl sites for hydroxylation is 1. The van der Waals surface area contributed by atoms with E-state index in [1.807, 2.05) is 0 Å². The van der Waals surface area contributed by atoms with Crippen molar-refractivity contribution in [2.24, 2.45) is 0 Å². The number of hydrogen-bond acceptors (Lipinski definition) is 5. The van der Waals surface area contributed by atoms with Crippen LogP contribution < -0.4 is 5.32 Å². The van der Waals surface area contributed by atoms with E-state index in [1.54, 1.807) is 31.2 Å². The molecule has 0 aliphatic carbocycles. The van der Waals surface area contributed by atoms with Gasteiger partial charge in [0.05, 0.1) is 12.7 Å².